The van der Waals surface area contributed by atoms with Crippen molar-refractivity contribution >= 4 is 12.2 Å². The molecule has 0 radical (unpaired) electrons. The molecule has 0 spiro atoms. The van der Waals surface area contributed by atoms with Gasteiger partial charge in [-0.2, -0.15) is 0 Å². The van der Waals surface area contributed by atoms with Gasteiger partial charge in [-0.3, -0.25) is 0 Å². The average molecular weight is 171 g/mol. The highest BCUT2D eigenvalue weighted by molar-refractivity contribution is 5.68. The number of hydrogen-bond donors (Lipinski definition) is 0. The van der Waals surface area contributed by atoms with Crippen molar-refractivity contribution in [2.45, 2.75) is 0 Å². The van der Waals surface area contributed by atoms with Crippen molar-refractivity contribution in [1.29, 1.82) is 5.26 Å². The predicted molar refractivity (Wildman–Crippen MR) is 52.9 cm³/mol. The first-order chi connectivity index (χ1) is 6.33. The molecule has 0 aromatic heterocycles. The van der Waals surface area contributed by atoms with Gasteiger partial charge in [-0.25, -0.2) is 0 Å². The SMILES string of the molecule is C=Cc1cccc(OC#N)c1C=C. The summed E-state index contributed by atoms with van der Waals surface area (Å²) < 4.78 is 4.76. The number of rotatable bonds is 3. The third-order valence-corrected chi connectivity index (χ3v) is 1.68. The molecule has 0 saturated heterocycles. The summed E-state index contributed by atoms with van der Waals surface area (Å²) in [4.78, 5) is 0. The van der Waals surface area contributed by atoms with Crippen LogP contribution in [0.25, 0.3) is 12.2 Å². The molecule has 0 amide bonds. The lowest BCUT2D eigenvalue weighted by molar-refractivity contribution is 0.506. The van der Waals surface area contributed by atoms with Crippen LogP contribution in [0.15, 0.2) is 31.4 Å². The van der Waals surface area contributed by atoms with E-state index in [-0.39, 0.29) is 0 Å². The highest BCUT2D eigenvalue weighted by Gasteiger charge is 2.03. The Bertz CT molecular complexity index is 374. The first-order valence-corrected chi connectivity index (χ1v) is 3.77. The van der Waals surface area contributed by atoms with Crippen LogP contribution in [-0.2, 0) is 0 Å². The Kier molecular flexibility index (Phi) is 2.88. The number of benzene rings is 1. The molecule has 0 saturated carbocycles. The molecule has 0 unspecified atom stereocenters. The predicted octanol–water partition coefficient (Wildman–Crippen LogP) is 2.83. The second-order valence-corrected chi connectivity index (χ2v) is 2.36. The molecule has 2 nitrogen and oxygen atoms in total. The van der Waals surface area contributed by atoms with E-state index < -0.39 is 0 Å². The minimum atomic E-state index is 0.509. The van der Waals surface area contributed by atoms with E-state index in [1.807, 2.05) is 6.07 Å². The molecular formula is C11H9NO. The maximum atomic E-state index is 8.37. The summed E-state index contributed by atoms with van der Waals surface area (Å²) in [6.45, 7) is 7.30. The average Bonchev–Trinajstić information content (AvgIpc) is 2.18. The molecule has 0 bridgehead atoms. The lowest BCUT2D eigenvalue weighted by Gasteiger charge is -2.04. The van der Waals surface area contributed by atoms with Crippen molar-refractivity contribution in [3.8, 4) is 12.0 Å². The van der Waals surface area contributed by atoms with Crippen LogP contribution in [0.3, 0.4) is 0 Å². The third-order valence-electron chi connectivity index (χ3n) is 1.68. The van der Waals surface area contributed by atoms with Crippen LogP contribution in [0, 0.1) is 11.5 Å². The van der Waals surface area contributed by atoms with Crippen LogP contribution < -0.4 is 4.74 Å². The zero-order chi connectivity index (χ0) is 9.68. The van der Waals surface area contributed by atoms with E-state index in [0.29, 0.717) is 5.75 Å². The van der Waals surface area contributed by atoms with E-state index in [9.17, 15) is 0 Å². The topological polar surface area (TPSA) is 33.0 Å². The van der Waals surface area contributed by atoms with Gasteiger partial charge in [0.25, 0.3) is 6.26 Å². The van der Waals surface area contributed by atoms with Gasteiger partial charge in [-0.1, -0.05) is 37.4 Å². The summed E-state index contributed by atoms with van der Waals surface area (Å²) in [6, 6.07) is 5.40. The smallest absolute Gasteiger partial charge is 0.292 e. The van der Waals surface area contributed by atoms with E-state index in [0.717, 1.165) is 11.1 Å². The summed E-state index contributed by atoms with van der Waals surface area (Å²) >= 11 is 0. The summed E-state index contributed by atoms with van der Waals surface area (Å²) in [5.41, 5.74) is 1.70. The van der Waals surface area contributed by atoms with Gasteiger partial charge in [0.05, 0.1) is 0 Å². The zero-order valence-electron chi connectivity index (χ0n) is 7.16. The van der Waals surface area contributed by atoms with E-state index in [2.05, 4.69) is 13.2 Å². The Morgan fingerprint density at radius 1 is 1.31 bits per heavy atom. The molecule has 0 atom stereocenters. The maximum Gasteiger partial charge on any atom is 0.292 e. The van der Waals surface area contributed by atoms with Gasteiger partial charge in [0.15, 0.2) is 0 Å². The highest BCUT2D eigenvalue weighted by Crippen LogP contribution is 2.24. The number of hydrogen-bond acceptors (Lipinski definition) is 2. The molecule has 64 valence electrons. The summed E-state index contributed by atoms with van der Waals surface area (Å²) in [6.07, 6.45) is 4.97. The Balaban J connectivity index is 3.28. The maximum absolute atomic E-state index is 8.37. The van der Waals surface area contributed by atoms with Crippen LogP contribution in [0.4, 0.5) is 0 Å². The van der Waals surface area contributed by atoms with E-state index >= 15 is 0 Å². The van der Waals surface area contributed by atoms with Crippen LogP contribution in [-0.4, -0.2) is 0 Å². The van der Waals surface area contributed by atoms with Crippen molar-refractivity contribution in [1.82, 2.24) is 0 Å². The molecule has 2 heteroatoms. The molecule has 0 aliphatic rings. The molecule has 0 N–H and O–H groups in total. The first kappa shape index (κ1) is 9.08. The fourth-order valence-electron chi connectivity index (χ4n) is 1.10. The van der Waals surface area contributed by atoms with Crippen LogP contribution in [0.1, 0.15) is 11.1 Å². The minimum absolute atomic E-state index is 0.509. The fraction of sp³-hybridized carbons (Fsp3) is 0. The standard InChI is InChI=1S/C11H9NO/c1-3-9-6-5-7-11(13-8-12)10(9)4-2/h3-7H,1-2H2. The van der Waals surface area contributed by atoms with Gasteiger partial charge in [0, 0.05) is 5.56 Å². The Labute approximate surface area is 77.4 Å². The zero-order valence-corrected chi connectivity index (χ0v) is 7.16. The molecule has 0 heterocycles. The number of nitriles is 1. The van der Waals surface area contributed by atoms with Gasteiger partial charge in [0.1, 0.15) is 5.75 Å². The molecular weight excluding hydrogens is 162 g/mol. The Morgan fingerprint density at radius 3 is 2.62 bits per heavy atom. The lowest BCUT2D eigenvalue weighted by atomic mass is 10.1. The molecule has 0 aliphatic heterocycles. The van der Waals surface area contributed by atoms with Crippen molar-refractivity contribution in [3.05, 3.63) is 42.5 Å². The van der Waals surface area contributed by atoms with Crippen molar-refractivity contribution in [3.63, 3.8) is 0 Å². The van der Waals surface area contributed by atoms with Crippen LogP contribution >= 0.6 is 0 Å². The lowest BCUT2D eigenvalue weighted by Crippen LogP contribution is -1.88. The third kappa shape index (κ3) is 1.77. The largest absolute Gasteiger partial charge is 0.387 e. The van der Waals surface area contributed by atoms with E-state index in [1.165, 1.54) is 0 Å². The monoisotopic (exact) mass is 171 g/mol. The van der Waals surface area contributed by atoms with E-state index in [1.54, 1.807) is 30.5 Å². The Morgan fingerprint density at radius 2 is 2.08 bits per heavy atom. The minimum Gasteiger partial charge on any atom is -0.387 e. The highest BCUT2D eigenvalue weighted by atomic mass is 16.5. The summed E-state index contributed by atoms with van der Waals surface area (Å²) in [5.74, 6) is 0.509. The van der Waals surface area contributed by atoms with Gasteiger partial charge in [0.2, 0.25) is 0 Å². The van der Waals surface area contributed by atoms with Crippen LogP contribution in [0.5, 0.6) is 5.75 Å². The van der Waals surface area contributed by atoms with Crippen LogP contribution in [0.2, 0.25) is 0 Å². The van der Waals surface area contributed by atoms with Crippen molar-refractivity contribution in [2.24, 2.45) is 0 Å². The van der Waals surface area contributed by atoms with Gasteiger partial charge in [-0.15, -0.1) is 5.26 Å². The van der Waals surface area contributed by atoms with Gasteiger partial charge in [-0.05, 0) is 11.6 Å². The second kappa shape index (κ2) is 4.13. The molecule has 13 heavy (non-hydrogen) atoms. The molecule has 0 fully saturated rings. The van der Waals surface area contributed by atoms with Gasteiger partial charge >= 0.3 is 0 Å². The summed E-state index contributed by atoms with van der Waals surface area (Å²) in [5, 5.41) is 8.37. The summed E-state index contributed by atoms with van der Waals surface area (Å²) in [7, 11) is 0. The fourth-order valence-corrected chi connectivity index (χ4v) is 1.10. The quantitative estimate of drug-likeness (QED) is 0.655. The molecule has 1 rings (SSSR count). The van der Waals surface area contributed by atoms with Gasteiger partial charge < -0.3 is 4.74 Å². The normalized spacial score (nSPS) is 8.54. The van der Waals surface area contributed by atoms with E-state index in [4.69, 9.17) is 10.00 Å². The Hall–Kier alpha value is -2.01. The number of nitrogens with zero attached hydrogens (tertiary/aromatic N) is 1. The first-order valence-electron chi connectivity index (χ1n) is 3.77. The van der Waals surface area contributed by atoms with Crippen molar-refractivity contribution < 1.29 is 4.74 Å². The van der Waals surface area contributed by atoms with Crippen molar-refractivity contribution in [2.75, 3.05) is 0 Å². The molecule has 1 aromatic rings. The molecule has 0 aliphatic carbocycles. The molecule has 1 aromatic carbocycles. The number of ether oxygens (including phenoxy) is 1. The second-order valence-electron chi connectivity index (χ2n) is 2.36.